The van der Waals surface area contributed by atoms with Crippen molar-refractivity contribution >= 4 is 5.69 Å². The maximum absolute atomic E-state index is 5.20. The molecule has 2 rings (SSSR count). The number of anilines is 1. The van der Waals surface area contributed by atoms with Gasteiger partial charge in [-0.3, -0.25) is 0 Å². The molecule has 5 heteroatoms. The van der Waals surface area contributed by atoms with Crippen molar-refractivity contribution in [1.29, 1.82) is 0 Å². The van der Waals surface area contributed by atoms with Crippen molar-refractivity contribution in [2.75, 3.05) is 19.0 Å². The lowest BCUT2D eigenvalue weighted by molar-refractivity contribution is 0.184. The molecule has 1 N–H and O–H groups in total. The van der Waals surface area contributed by atoms with Gasteiger partial charge in [-0.15, -0.1) is 0 Å². The summed E-state index contributed by atoms with van der Waals surface area (Å²) in [5, 5.41) is 7.59. The van der Waals surface area contributed by atoms with Gasteiger partial charge in [-0.1, -0.05) is 19.1 Å². The third-order valence-corrected chi connectivity index (χ3v) is 2.97. The first-order valence-electron chi connectivity index (χ1n) is 6.48. The second-order valence-electron chi connectivity index (χ2n) is 4.50. The van der Waals surface area contributed by atoms with E-state index < -0.39 is 0 Å². The number of ether oxygens (including phenoxy) is 1. The molecule has 0 fully saturated rings. The molecule has 1 heterocycles. The SMILES string of the molecule is CCC(COC)Nc1cccc(Cn2cncn2)c1. The molecule has 0 spiro atoms. The highest BCUT2D eigenvalue weighted by molar-refractivity contribution is 5.46. The van der Waals surface area contributed by atoms with Crippen LogP contribution in [0.15, 0.2) is 36.9 Å². The van der Waals surface area contributed by atoms with Gasteiger partial charge in [-0.05, 0) is 24.1 Å². The van der Waals surface area contributed by atoms with E-state index >= 15 is 0 Å². The van der Waals surface area contributed by atoms with Crippen molar-refractivity contribution in [3.05, 3.63) is 42.5 Å². The Hall–Kier alpha value is -1.88. The van der Waals surface area contributed by atoms with Crippen LogP contribution >= 0.6 is 0 Å². The van der Waals surface area contributed by atoms with Gasteiger partial charge in [-0.2, -0.15) is 5.10 Å². The predicted molar refractivity (Wildman–Crippen MR) is 75.1 cm³/mol. The van der Waals surface area contributed by atoms with Crippen LogP contribution in [0.4, 0.5) is 5.69 Å². The number of nitrogens with zero attached hydrogens (tertiary/aromatic N) is 3. The molecule has 0 amide bonds. The summed E-state index contributed by atoms with van der Waals surface area (Å²) in [6.45, 7) is 3.59. The van der Waals surface area contributed by atoms with Crippen molar-refractivity contribution < 1.29 is 4.74 Å². The molecule has 102 valence electrons. The number of nitrogens with one attached hydrogen (secondary N) is 1. The Morgan fingerprint density at radius 3 is 3.00 bits per heavy atom. The lowest BCUT2D eigenvalue weighted by atomic mass is 10.1. The summed E-state index contributed by atoms with van der Waals surface area (Å²) in [6, 6.07) is 8.69. The van der Waals surface area contributed by atoms with E-state index in [-0.39, 0.29) is 0 Å². The predicted octanol–water partition coefficient (Wildman–Crippen LogP) is 2.16. The topological polar surface area (TPSA) is 52.0 Å². The Bertz CT molecular complexity index is 484. The van der Waals surface area contributed by atoms with E-state index in [0.717, 1.165) is 18.7 Å². The van der Waals surface area contributed by atoms with Gasteiger partial charge < -0.3 is 10.1 Å². The Kier molecular flexibility index (Phi) is 4.92. The maximum Gasteiger partial charge on any atom is 0.137 e. The average Bonchev–Trinajstić information content (AvgIpc) is 2.91. The monoisotopic (exact) mass is 260 g/mol. The third kappa shape index (κ3) is 4.06. The summed E-state index contributed by atoms with van der Waals surface area (Å²) in [5.41, 5.74) is 2.31. The van der Waals surface area contributed by atoms with Crippen molar-refractivity contribution in [2.45, 2.75) is 25.9 Å². The quantitative estimate of drug-likeness (QED) is 0.829. The highest BCUT2D eigenvalue weighted by atomic mass is 16.5. The lowest BCUT2D eigenvalue weighted by Gasteiger charge is -2.17. The maximum atomic E-state index is 5.20. The Balaban J connectivity index is 2.02. The molecule has 0 bridgehead atoms. The van der Waals surface area contributed by atoms with Crippen LogP contribution in [-0.2, 0) is 11.3 Å². The number of rotatable bonds is 7. The fraction of sp³-hybridized carbons (Fsp3) is 0.429. The number of methoxy groups -OCH3 is 1. The minimum atomic E-state index is 0.339. The number of aromatic nitrogens is 3. The van der Waals surface area contributed by atoms with E-state index in [4.69, 9.17) is 4.74 Å². The highest BCUT2D eigenvalue weighted by Gasteiger charge is 2.05. The Labute approximate surface area is 113 Å². The molecule has 1 aromatic carbocycles. The van der Waals surface area contributed by atoms with Gasteiger partial charge in [-0.25, -0.2) is 9.67 Å². The summed E-state index contributed by atoms with van der Waals surface area (Å²) in [4.78, 5) is 3.95. The molecule has 0 saturated heterocycles. The minimum absolute atomic E-state index is 0.339. The summed E-state index contributed by atoms with van der Waals surface area (Å²) in [7, 11) is 1.73. The van der Waals surface area contributed by atoms with Gasteiger partial charge in [0.2, 0.25) is 0 Å². The molecule has 5 nitrogen and oxygen atoms in total. The van der Waals surface area contributed by atoms with Gasteiger partial charge in [0.1, 0.15) is 12.7 Å². The Morgan fingerprint density at radius 1 is 1.42 bits per heavy atom. The van der Waals surface area contributed by atoms with Crippen LogP contribution in [0.1, 0.15) is 18.9 Å². The summed E-state index contributed by atoms with van der Waals surface area (Å²) >= 11 is 0. The normalized spacial score (nSPS) is 12.3. The van der Waals surface area contributed by atoms with Crippen LogP contribution in [0.3, 0.4) is 0 Å². The van der Waals surface area contributed by atoms with Crippen molar-refractivity contribution in [2.24, 2.45) is 0 Å². The number of benzene rings is 1. The first kappa shape index (κ1) is 13.5. The third-order valence-electron chi connectivity index (χ3n) is 2.97. The minimum Gasteiger partial charge on any atom is -0.383 e. The zero-order valence-corrected chi connectivity index (χ0v) is 11.4. The smallest absolute Gasteiger partial charge is 0.137 e. The molecule has 2 aromatic rings. The Morgan fingerprint density at radius 2 is 2.32 bits per heavy atom. The van der Waals surface area contributed by atoms with Crippen molar-refractivity contribution in [3.63, 3.8) is 0 Å². The van der Waals surface area contributed by atoms with E-state index in [2.05, 4.69) is 40.5 Å². The van der Waals surface area contributed by atoms with Gasteiger partial charge >= 0.3 is 0 Å². The van der Waals surface area contributed by atoms with E-state index in [1.54, 1.807) is 19.8 Å². The molecule has 19 heavy (non-hydrogen) atoms. The van der Waals surface area contributed by atoms with Gasteiger partial charge in [0, 0.05) is 18.8 Å². The van der Waals surface area contributed by atoms with Gasteiger partial charge in [0.25, 0.3) is 0 Å². The van der Waals surface area contributed by atoms with E-state index in [0.29, 0.717) is 12.6 Å². The zero-order chi connectivity index (χ0) is 13.5. The fourth-order valence-corrected chi connectivity index (χ4v) is 1.96. The second kappa shape index (κ2) is 6.89. The summed E-state index contributed by atoms with van der Waals surface area (Å²) in [5.74, 6) is 0. The van der Waals surface area contributed by atoms with Crippen LogP contribution in [-0.4, -0.2) is 34.5 Å². The highest BCUT2D eigenvalue weighted by Crippen LogP contribution is 2.13. The standard InChI is InChI=1S/C14H20N4O/c1-3-13(9-19-2)17-14-6-4-5-12(7-14)8-18-11-15-10-16-18/h4-7,10-11,13,17H,3,8-9H2,1-2H3. The zero-order valence-electron chi connectivity index (χ0n) is 11.4. The summed E-state index contributed by atoms with van der Waals surface area (Å²) in [6.07, 6.45) is 4.30. The van der Waals surface area contributed by atoms with Gasteiger partial charge in [0.15, 0.2) is 0 Å². The van der Waals surface area contributed by atoms with E-state index in [9.17, 15) is 0 Å². The molecule has 1 unspecified atom stereocenters. The van der Waals surface area contributed by atoms with Gasteiger partial charge in [0.05, 0.1) is 13.2 Å². The first-order valence-corrected chi connectivity index (χ1v) is 6.48. The van der Waals surface area contributed by atoms with Crippen LogP contribution in [0.5, 0.6) is 0 Å². The molecular weight excluding hydrogens is 240 g/mol. The lowest BCUT2D eigenvalue weighted by Crippen LogP contribution is -2.23. The fourth-order valence-electron chi connectivity index (χ4n) is 1.96. The first-order chi connectivity index (χ1) is 9.31. The molecule has 0 aliphatic rings. The molecule has 1 aromatic heterocycles. The molecule has 0 saturated carbocycles. The van der Waals surface area contributed by atoms with Crippen LogP contribution < -0.4 is 5.32 Å². The largest absolute Gasteiger partial charge is 0.383 e. The molecule has 0 radical (unpaired) electrons. The van der Waals surface area contributed by atoms with E-state index in [1.807, 2.05) is 10.7 Å². The molecule has 0 aliphatic heterocycles. The molecule has 0 aliphatic carbocycles. The van der Waals surface area contributed by atoms with Crippen LogP contribution in [0.2, 0.25) is 0 Å². The molecular formula is C14H20N4O. The van der Waals surface area contributed by atoms with Crippen molar-refractivity contribution in [3.8, 4) is 0 Å². The summed E-state index contributed by atoms with van der Waals surface area (Å²) < 4.78 is 7.01. The van der Waals surface area contributed by atoms with Crippen molar-refractivity contribution in [1.82, 2.24) is 14.8 Å². The van der Waals surface area contributed by atoms with Crippen LogP contribution in [0.25, 0.3) is 0 Å². The molecule has 1 atom stereocenters. The van der Waals surface area contributed by atoms with Crippen LogP contribution in [0, 0.1) is 0 Å². The second-order valence-corrected chi connectivity index (χ2v) is 4.50. The average molecular weight is 260 g/mol. The number of hydrogen-bond acceptors (Lipinski definition) is 4. The van der Waals surface area contributed by atoms with E-state index in [1.165, 1.54) is 5.56 Å². The number of hydrogen-bond donors (Lipinski definition) is 1.